The summed E-state index contributed by atoms with van der Waals surface area (Å²) in [5.41, 5.74) is 0. The van der Waals surface area contributed by atoms with E-state index in [0.29, 0.717) is 25.7 Å². The van der Waals surface area contributed by atoms with Crippen LogP contribution in [-0.4, -0.2) is 96.7 Å². The van der Waals surface area contributed by atoms with Gasteiger partial charge in [0.1, 0.15) is 19.3 Å². The summed E-state index contributed by atoms with van der Waals surface area (Å²) in [5.74, 6) is -0.559. The summed E-state index contributed by atoms with van der Waals surface area (Å²) in [6, 6.07) is 0. The Kier molecular flexibility index (Phi) is 76.9. The van der Waals surface area contributed by atoms with Crippen LogP contribution in [0.4, 0.5) is 0 Å². The first-order chi connectivity index (χ1) is 51.4. The van der Waals surface area contributed by atoms with Gasteiger partial charge in [0.2, 0.25) is 0 Å². The van der Waals surface area contributed by atoms with Crippen LogP contribution in [0.5, 0.6) is 0 Å². The number of phosphoric acid groups is 2. The first-order valence-corrected chi connectivity index (χ1v) is 48.0. The lowest BCUT2D eigenvalue weighted by atomic mass is 10.00. The zero-order valence-corrected chi connectivity index (χ0v) is 71.5. The molecule has 0 aromatic carbocycles. The van der Waals surface area contributed by atoms with E-state index in [2.05, 4.69) is 41.5 Å². The molecule has 0 radical (unpaired) electrons. The number of hydrogen-bond donors (Lipinski definition) is 3. The second kappa shape index (κ2) is 78.3. The standard InChI is InChI=1S/C87H170O17P2/c1-7-10-12-14-16-18-20-22-24-25-26-27-28-29-30-36-40-44-48-52-60-66-71-86(91)103-82(75-97-84(89)69-63-57-50-46-42-38-35-32-31-34-37-41-45-49-55-61-67-79(4)5)77-101-105(93,94)99-73-81(88)74-100-106(95,96)102-78-83(76-98-85(90)70-64-58-54-53-56-62-68-80(6)9-3)104-87(92)72-65-59-51-47-43-39-33-23-21-19-17-15-13-11-8-2/h79-83,88H,7-78H2,1-6H3,(H,93,94)(H,95,96)/t80?,81-,82-,83-/m1/s1. The van der Waals surface area contributed by atoms with Gasteiger partial charge in [-0.25, -0.2) is 9.13 Å². The molecule has 630 valence electrons. The molecule has 3 N–H and O–H groups in total. The molecular weight excluding hydrogens is 1380 g/mol. The van der Waals surface area contributed by atoms with Gasteiger partial charge in [-0.3, -0.25) is 37.3 Å². The molecule has 0 aliphatic heterocycles. The van der Waals surface area contributed by atoms with Gasteiger partial charge < -0.3 is 33.8 Å². The molecule has 0 bridgehead atoms. The molecule has 0 saturated heterocycles. The van der Waals surface area contributed by atoms with Gasteiger partial charge in [-0.05, 0) is 37.5 Å². The van der Waals surface area contributed by atoms with Crippen LogP contribution in [0.15, 0.2) is 0 Å². The Morgan fingerprint density at radius 3 is 0.717 bits per heavy atom. The molecule has 19 heteroatoms. The van der Waals surface area contributed by atoms with Gasteiger partial charge in [0.05, 0.1) is 26.4 Å². The molecule has 0 rings (SSSR count). The summed E-state index contributed by atoms with van der Waals surface area (Å²) in [5, 5.41) is 10.7. The summed E-state index contributed by atoms with van der Waals surface area (Å²) in [7, 11) is -9.93. The van der Waals surface area contributed by atoms with Crippen LogP contribution < -0.4 is 0 Å². The lowest BCUT2D eigenvalue weighted by molar-refractivity contribution is -0.161. The number of esters is 4. The van der Waals surface area contributed by atoms with Crippen molar-refractivity contribution >= 4 is 39.5 Å². The maximum atomic E-state index is 13.2. The Bertz CT molecular complexity index is 2030. The minimum Gasteiger partial charge on any atom is -0.462 e. The summed E-state index contributed by atoms with van der Waals surface area (Å²) >= 11 is 0. The van der Waals surface area contributed by atoms with Gasteiger partial charge in [0, 0.05) is 25.7 Å². The summed E-state index contributed by atoms with van der Waals surface area (Å²) in [4.78, 5) is 73.2. The lowest BCUT2D eigenvalue weighted by Crippen LogP contribution is -2.30. The van der Waals surface area contributed by atoms with Gasteiger partial charge in [0.15, 0.2) is 12.2 Å². The molecule has 3 unspecified atom stereocenters. The van der Waals surface area contributed by atoms with E-state index in [1.54, 1.807) is 0 Å². The predicted octanol–water partition coefficient (Wildman–Crippen LogP) is 26.6. The number of ether oxygens (including phenoxy) is 4. The molecule has 106 heavy (non-hydrogen) atoms. The molecule has 0 saturated carbocycles. The maximum Gasteiger partial charge on any atom is 0.472 e. The Balaban J connectivity index is 5.22. The highest BCUT2D eigenvalue weighted by atomic mass is 31.2. The highest BCUT2D eigenvalue weighted by Crippen LogP contribution is 2.45. The fourth-order valence-corrected chi connectivity index (χ4v) is 15.1. The molecule has 0 amide bonds. The van der Waals surface area contributed by atoms with E-state index in [9.17, 15) is 43.2 Å². The molecule has 6 atom stereocenters. The van der Waals surface area contributed by atoms with Gasteiger partial charge in [0.25, 0.3) is 0 Å². The maximum absolute atomic E-state index is 13.2. The van der Waals surface area contributed by atoms with Gasteiger partial charge in [-0.2, -0.15) is 0 Å². The van der Waals surface area contributed by atoms with Crippen LogP contribution in [0.3, 0.4) is 0 Å². The number of hydrogen-bond acceptors (Lipinski definition) is 15. The Morgan fingerprint density at radius 2 is 0.481 bits per heavy atom. The molecule has 0 spiro atoms. The predicted molar refractivity (Wildman–Crippen MR) is 437 cm³/mol. The number of aliphatic hydroxyl groups is 1. The monoisotopic (exact) mass is 1550 g/mol. The van der Waals surface area contributed by atoms with Crippen molar-refractivity contribution in [2.45, 2.75) is 484 Å². The van der Waals surface area contributed by atoms with Crippen molar-refractivity contribution in [1.82, 2.24) is 0 Å². The van der Waals surface area contributed by atoms with Crippen molar-refractivity contribution in [3.63, 3.8) is 0 Å². The van der Waals surface area contributed by atoms with E-state index in [-0.39, 0.29) is 25.7 Å². The van der Waals surface area contributed by atoms with Crippen LogP contribution in [-0.2, 0) is 65.4 Å². The molecule has 0 aromatic rings. The number of phosphoric ester groups is 2. The third-order valence-electron chi connectivity index (χ3n) is 20.8. The van der Waals surface area contributed by atoms with E-state index in [0.717, 1.165) is 108 Å². The fraction of sp³-hybridized carbons (Fsp3) is 0.954. The third-order valence-corrected chi connectivity index (χ3v) is 22.7. The topological polar surface area (TPSA) is 237 Å². The molecule has 0 heterocycles. The van der Waals surface area contributed by atoms with Crippen molar-refractivity contribution in [3.8, 4) is 0 Å². The fourth-order valence-electron chi connectivity index (χ4n) is 13.6. The van der Waals surface area contributed by atoms with E-state index in [1.165, 1.54) is 276 Å². The molecule has 17 nitrogen and oxygen atoms in total. The summed E-state index contributed by atoms with van der Waals surface area (Å²) < 4.78 is 68.9. The number of aliphatic hydroxyl groups excluding tert-OH is 1. The van der Waals surface area contributed by atoms with E-state index in [1.807, 2.05) is 0 Å². The average molecular weight is 1550 g/mol. The highest BCUT2D eigenvalue weighted by molar-refractivity contribution is 7.47. The summed E-state index contributed by atoms with van der Waals surface area (Å²) in [6.45, 7) is 9.67. The molecule has 0 aliphatic carbocycles. The van der Waals surface area contributed by atoms with Gasteiger partial charge >= 0.3 is 39.5 Å². The first-order valence-electron chi connectivity index (χ1n) is 45.0. The second-order valence-electron chi connectivity index (χ2n) is 32.0. The van der Waals surface area contributed by atoms with Gasteiger partial charge in [-0.15, -0.1) is 0 Å². The van der Waals surface area contributed by atoms with Crippen LogP contribution in [0.1, 0.15) is 465 Å². The van der Waals surface area contributed by atoms with E-state index < -0.39 is 97.5 Å². The van der Waals surface area contributed by atoms with Crippen molar-refractivity contribution in [2.75, 3.05) is 39.6 Å². The summed E-state index contributed by atoms with van der Waals surface area (Å²) in [6.07, 6.45) is 71.0. The Hall–Kier alpha value is -1.94. The largest absolute Gasteiger partial charge is 0.472 e. The Morgan fingerprint density at radius 1 is 0.274 bits per heavy atom. The SMILES string of the molecule is CCCCCCCCCCCCCCCCCCCCCCCCC(=O)O[C@H](COC(=O)CCCCCCCCCCCCCCCCCCC(C)C)COP(=O)(O)OC[C@@H](O)COP(=O)(O)OC[C@@H](COC(=O)CCCCCCCCC(C)CC)OC(=O)CCCCCCCCCCCCCCCCC. The number of unbranched alkanes of at least 4 members (excludes halogenated alkanes) is 55. The normalized spacial score (nSPS) is 14.1. The third kappa shape index (κ3) is 78.7. The molecular formula is C87H170O17P2. The minimum absolute atomic E-state index is 0.108. The highest BCUT2D eigenvalue weighted by Gasteiger charge is 2.30. The zero-order chi connectivity index (χ0) is 77.8. The zero-order valence-electron chi connectivity index (χ0n) is 69.7. The Labute approximate surface area is 651 Å². The van der Waals surface area contributed by atoms with Crippen molar-refractivity contribution in [1.29, 1.82) is 0 Å². The molecule has 0 aromatic heterocycles. The molecule has 0 fully saturated rings. The van der Waals surface area contributed by atoms with E-state index in [4.69, 9.17) is 37.0 Å². The number of carbonyl (C=O) groups is 4. The van der Waals surface area contributed by atoms with Crippen LogP contribution in [0.25, 0.3) is 0 Å². The quantitative estimate of drug-likeness (QED) is 0.0222. The smallest absolute Gasteiger partial charge is 0.462 e. The minimum atomic E-state index is -4.97. The average Bonchev–Trinajstić information content (AvgIpc) is 0.906. The van der Waals surface area contributed by atoms with Crippen LogP contribution >= 0.6 is 15.6 Å². The second-order valence-corrected chi connectivity index (χ2v) is 34.9. The van der Waals surface area contributed by atoms with E-state index >= 15 is 0 Å². The van der Waals surface area contributed by atoms with Crippen molar-refractivity contribution in [3.05, 3.63) is 0 Å². The lowest BCUT2D eigenvalue weighted by Gasteiger charge is -2.21. The van der Waals surface area contributed by atoms with Crippen LogP contribution in [0, 0.1) is 11.8 Å². The number of rotatable bonds is 86. The number of carbonyl (C=O) groups excluding carboxylic acids is 4. The molecule has 0 aliphatic rings. The van der Waals surface area contributed by atoms with Gasteiger partial charge in [-0.1, -0.05) is 414 Å². The van der Waals surface area contributed by atoms with Crippen molar-refractivity contribution < 1.29 is 80.2 Å². The first kappa shape index (κ1) is 104. The van der Waals surface area contributed by atoms with Crippen molar-refractivity contribution in [2.24, 2.45) is 11.8 Å². The van der Waals surface area contributed by atoms with Crippen LogP contribution in [0.2, 0.25) is 0 Å².